The van der Waals surface area contributed by atoms with E-state index >= 15 is 0 Å². The predicted molar refractivity (Wildman–Crippen MR) is 49.2 cm³/mol. The van der Waals surface area contributed by atoms with Gasteiger partial charge in [0.15, 0.2) is 0 Å². The quantitative estimate of drug-likeness (QED) is 0.618. The summed E-state index contributed by atoms with van der Waals surface area (Å²) in [5.74, 6) is 3.44. The van der Waals surface area contributed by atoms with Crippen molar-refractivity contribution in [3.8, 4) is 18.4 Å². The Morgan fingerprint density at radius 3 is 2.91 bits per heavy atom. The van der Waals surface area contributed by atoms with Gasteiger partial charge in [0.2, 0.25) is 0 Å². The van der Waals surface area contributed by atoms with E-state index in [2.05, 4.69) is 17.3 Å². The van der Waals surface area contributed by atoms with Crippen molar-refractivity contribution in [2.45, 2.75) is 12.5 Å². The molecule has 1 atom stereocenters. The second-order valence-electron chi connectivity index (χ2n) is 2.05. The molecule has 0 spiro atoms. The van der Waals surface area contributed by atoms with Crippen LogP contribution in [0.3, 0.4) is 0 Å². The molecule has 0 rings (SSSR count). The van der Waals surface area contributed by atoms with Gasteiger partial charge in [0.05, 0.1) is 18.7 Å². The van der Waals surface area contributed by atoms with Crippen molar-refractivity contribution < 1.29 is 0 Å². The molecule has 0 aromatic heterocycles. The van der Waals surface area contributed by atoms with Gasteiger partial charge in [-0.2, -0.15) is 17.0 Å². The first-order valence-corrected chi connectivity index (χ1v) is 4.80. The standard InChI is InChI=1S/C8H12N2S/c1-3-5-10-8(7-9)4-6-11-2/h1,8,10H,4-6H2,2H3. The largest absolute Gasteiger partial charge is 0.291 e. The summed E-state index contributed by atoms with van der Waals surface area (Å²) in [5, 5.41) is 11.5. The molecule has 0 aliphatic rings. The average Bonchev–Trinajstić information content (AvgIpc) is 2.05. The van der Waals surface area contributed by atoms with Gasteiger partial charge in [-0.05, 0) is 18.4 Å². The number of terminal acetylenes is 1. The Morgan fingerprint density at radius 2 is 2.45 bits per heavy atom. The molecule has 0 saturated heterocycles. The molecule has 0 aliphatic carbocycles. The lowest BCUT2D eigenvalue weighted by Gasteiger charge is -2.06. The van der Waals surface area contributed by atoms with E-state index < -0.39 is 0 Å². The van der Waals surface area contributed by atoms with Crippen LogP contribution in [0, 0.1) is 23.7 Å². The number of thioether (sulfide) groups is 1. The van der Waals surface area contributed by atoms with Gasteiger partial charge in [0, 0.05) is 0 Å². The number of nitrogens with zero attached hydrogens (tertiary/aromatic N) is 1. The van der Waals surface area contributed by atoms with Gasteiger partial charge in [-0.25, -0.2) is 0 Å². The lowest BCUT2D eigenvalue weighted by molar-refractivity contribution is 0.637. The molecule has 0 amide bonds. The van der Waals surface area contributed by atoms with Crippen LogP contribution < -0.4 is 5.32 Å². The third-order valence-corrected chi connectivity index (χ3v) is 1.86. The highest BCUT2D eigenvalue weighted by Crippen LogP contribution is 1.98. The predicted octanol–water partition coefficient (Wildman–Crippen LogP) is 0.854. The third-order valence-electron chi connectivity index (χ3n) is 1.22. The van der Waals surface area contributed by atoms with Crippen LogP contribution in [-0.2, 0) is 0 Å². The summed E-state index contributed by atoms with van der Waals surface area (Å²) in [6.45, 7) is 0.479. The van der Waals surface area contributed by atoms with E-state index in [1.54, 1.807) is 11.8 Å². The minimum absolute atomic E-state index is 0.0847. The monoisotopic (exact) mass is 168 g/mol. The number of nitrogens with one attached hydrogen (secondary N) is 1. The summed E-state index contributed by atoms with van der Waals surface area (Å²) >= 11 is 1.74. The maximum Gasteiger partial charge on any atom is 0.0968 e. The molecule has 60 valence electrons. The Labute approximate surface area is 72.4 Å². The van der Waals surface area contributed by atoms with Gasteiger partial charge in [0.1, 0.15) is 0 Å². The molecule has 0 fully saturated rings. The number of hydrogen-bond donors (Lipinski definition) is 1. The van der Waals surface area contributed by atoms with Gasteiger partial charge in [-0.15, -0.1) is 6.42 Å². The summed E-state index contributed by atoms with van der Waals surface area (Å²) < 4.78 is 0. The van der Waals surface area contributed by atoms with Crippen molar-refractivity contribution in [3.63, 3.8) is 0 Å². The minimum Gasteiger partial charge on any atom is -0.291 e. The van der Waals surface area contributed by atoms with E-state index in [-0.39, 0.29) is 6.04 Å². The fourth-order valence-electron chi connectivity index (χ4n) is 0.630. The number of nitriles is 1. The molecule has 0 aromatic rings. The highest BCUT2D eigenvalue weighted by atomic mass is 32.2. The molecule has 2 nitrogen and oxygen atoms in total. The molecule has 0 bridgehead atoms. The summed E-state index contributed by atoms with van der Waals surface area (Å²) in [5.41, 5.74) is 0. The Hall–Kier alpha value is -0.640. The van der Waals surface area contributed by atoms with Crippen LogP contribution in [0.1, 0.15) is 6.42 Å². The van der Waals surface area contributed by atoms with E-state index in [4.69, 9.17) is 11.7 Å². The molecule has 0 aromatic carbocycles. The van der Waals surface area contributed by atoms with Crippen LogP contribution in [0.4, 0.5) is 0 Å². The van der Waals surface area contributed by atoms with Crippen LogP contribution >= 0.6 is 11.8 Å². The highest BCUT2D eigenvalue weighted by molar-refractivity contribution is 7.98. The van der Waals surface area contributed by atoms with E-state index in [9.17, 15) is 0 Å². The maximum absolute atomic E-state index is 8.59. The molecular formula is C8H12N2S. The lowest BCUT2D eigenvalue weighted by atomic mass is 10.2. The van der Waals surface area contributed by atoms with Crippen molar-refractivity contribution in [2.75, 3.05) is 18.6 Å². The van der Waals surface area contributed by atoms with Crippen molar-refractivity contribution in [2.24, 2.45) is 0 Å². The maximum atomic E-state index is 8.59. The van der Waals surface area contributed by atoms with Crippen molar-refractivity contribution in [1.29, 1.82) is 5.26 Å². The molecule has 1 unspecified atom stereocenters. The molecule has 0 aliphatic heterocycles. The molecule has 0 saturated carbocycles. The molecule has 0 radical (unpaired) electrons. The summed E-state index contributed by atoms with van der Waals surface area (Å²) in [6, 6.07) is 2.07. The fraction of sp³-hybridized carbons (Fsp3) is 0.625. The average molecular weight is 168 g/mol. The van der Waals surface area contributed by atoms with Crippen molar-refractivity contribution >= 4 is 11.8 Å². The SMILES string of the molecule is C#CCNC(C#N)CCSC. The minimum atomic E-state index is -0.0847. The van der Waals surface area contributed by atoms with E-state index in [0.29, 0.717) is 6.54 Å². The van der Waals surface area contributed by atoms with Crippen LogP contribution in [-0.4, -0.2) is 24.6 Å². The van der Waals surface area contributed by atoms with Gasteiger partial charge in [0.25, 0.3) is 0 Å². The zero-order valence-electron chi connectivity index (χ0n) is 6.63. The van der Waals surface area contributed by atoms with Crippen molar-refractivity contribution in [3.05, 3.63) is 0 Å². The van der Waals surface area contributed by atoms with E-state index in [1.165, 1.54) is 0 Å². The second-order valence-corrected chi connectivity index (χ2v) is 3.03. The van der Waals surface area contributed by atoms with Crippen LogP contribution in [0.5, 0.6) is 0 Å². The Balaban J connectivity index is 3.45. The van der Waals surface area contributed by atoms with Crippen LogP contribution in [0.25, 0.3) is 0 Å². The smallest absolute Gasteiger partial charge is 0.0968 e. The molecule has 0 heterocycles. The van der Waals surface area contributed by atoms with Crippen LogP contribution in [0.2, 0.25) is 0 Å². The molecule has 1 N–H and O–H groups in total. The zero-order valence-corrected chi connectivity index (χ0v) is 7.45. The molecule has 11 heavy (non-hydrogen) atoms. The highest BCUT2D eigenvalue weighted by Gasteiger charge is 2.02. The normalized spacial score (nSPS) is 11.5. The van der Waals surface area contributed by atoms with Gasteiger partial charge in [-0.1, -0.05) is 5.92 Å². The van der Waals surface area contributed by atoms with Gasteiger partial charge in [-0.3, -0.25) is 5.32 Å². The number of hydrogen-bond acceptors (Lipinski definition) is 3. The summed E-state index contributed by atoms with van der Waals surface area (Å²) in [6.07, 6.45) is 7.92. The van der Waals surface area contributed by atoms with Gasteiger partial charge >= 0.3 is 0 Å². The topological polar surface area (TPSA) is 35.8 Å². The Bertz CT molecular complexity index is 166. The summed E-state index contributed by atoms with van der Waals surface area (Å²) in [7, 11) is 0. The lowest BCUT2D eigenvalue weighted by Crippen LogP contribution is -2.28. The van der Waals surface area contributed by atoms with E-state index in [1.807, 2.05) is 6.26 Å². The Morgan fingerprint density at radius 1 is 1.73 bits per heavy atom. The number of rotatable bonds is 5. The second kappa shape index (κ2) is 7.47. The van der Waals surface area contributed by atoms with Crippen LogP contribution in [0.15, 0.2) is 0 Å². The zero-order chi connectivity index (χ0) is 8.53. The first-order chi connectivity index (χ1) is 5.35. The molecular weight excluding hydrogens is 156 g/mol. The first-order valence-electron chi connectivity index (χ1n) is 3.40. The fourth-order valence-corrected chi connectivity index (χ4v) is 1.10. The van der Waals surface area contributed by atoms with E-state index in [0.717, 1.165) is 12.2 Å². The molecule has 3 heteroatoms. The summed E-state index contributed by atoms with van der Waals surface area (Å²) in [4.78, 5) is 0. The van der Waals surface area contributed by atoms with Crippen molar-refractivity contribution in [1.82, 2.24) is 5.32 Å². The Kier molecular flexibility index (Phi) is 7.03. The van der Waals surface area contributed by atoms with Gasteiger partial charge < -0.3 is 0 Å². The first kappa shape index (κ1) is 10.4. The third kappa shape index (κ3) is 5.79.